The van der Waals surface area contributed by atoms with E-state index >= 15 is 0 Å². The Morgan fingerprint density at radius 1 is 0.828 bits per heavy atom. The maximum Gasteiger partial charge on any atom is 0.0650 e. The van der Waals surface area contributed by atoms with Crippen molar-refractivity contribution >= 4 is 5.69 Å². The first-order valence-electron chi connectivity index (χ1n) is 11.1. The second kappa shape index (κ2) is 8.09. The summed E-state index contributed by atoms with van der Waals surface area (Å²) in [5, 5.41) is 4.59. The van der Waals surface area contributed by atoms with Crippen molar-refractivity contribution in [2.24, 2.45) is 0 Å². The lowest BCUT2D eigenvalue weighted by Crippen LogP contribution is -2.64. The molecule has 0 bridgehead atoms. The molecule has 3 fully saturated rings. The highest BCUT2D eigenvalue weighted by atomic mass is 16.5. The molecular formula is C23H33N5O. The number of aromatic nitrogens is 2. The first-order valence-corrected chi connectivity index (χ1v) is 11.1. The van der Waals surface area contributed by atoms with Crippen LogP contribution in [-0.2, 0) is 4.74 Å². The summed E-state index contributed by atoms with van der Waals surface area (Å²) < 4.78 is 7.52. The van der Waals surface area contributed by atoms with Gasteiger partial charge in [0.25, 0.3) is 0 Å². The van der Waals surface area contributed by atoms with Crippen LogP contribution in [0.25, 0.3) is 5.69 Å². The second-order valence-corrected chi connectivity index (χ2v) is 8.83. The molecule has 4 heterocycles. The number of hydrogen-bond acceptors (Lipinski definition) is 5. The van der Waals surface area contributed by atoms with E-state index in [9.17, 15) is 0 Å². The predicted octanol–water partition coefficient (Wildman–Crippen LogP) is 2.47. The summed E-state index contributed by atoms with van der Waals surface area (Å²) in [6.45, 7) is 13.0. The first kappa shape index (κ1) is 19.1. The number of hydrogen-bond donors (Lipinski definition) is 0. The van der Waals surface area contributed by atoms with Crippen LogP contribution in [0.1, 0.15) is 24.2 Å². The quantitative estimate of drug-likeness (QED) is 0.795. The van der Waals surface area contributed by atoms with Gasteiger partial charge in [-0.05, 0) is 57.0 Å². The highest BCUT2D eigenvalue weighted by molar-refractivity contribution is 5.51. The molecule has 6 heteroatoms. The van der Waals surface area contributed by atoms with E-state index in [2.05, 4.69) is 57.1 Å². The number of likely N-dealkylation sites (tertiary alicyclic amines) is 1. The number of benzene rings is 1. The van der Waals surface area contributed by atoms with Crippen molar-refractivity contribution in [1.82, 2.24) is 19.6 Å². The topological polar surface area (TPSA) is 36.8 Å². The largest absolute Gasteiger partial charge is 0.379 e. The molecular weight excluding hydrogens is 362 g/mol. The number of ether oxygens (including phenoxy) is 1. The number of piperidine rings is 1. The van der Waals surface area contributed by atoms with Gasteiger partial charge < -0.3 is 9.64 Å². The van der Waals surface area contributed by atoms with E-state index < -0.39 is 0 Å². The smallest absolute Gasteiger partial charge is 0.0650 e. The lowest BCUT2D eigenvalue weighted by atomic mass is 9.96. The van der Waals surface area contributed by atoms with Crippen molar-refractivity contribution in [3.63, 3.8) is 0 Å². The standard InChI is InChI=1S/C23H33N5O/c1-18-15-19(2)28(24-18)22-5-3-20(4-6-22)25-9-7-21(8-10-25)27-16-23(17-27)26-11-13-29-14-12-26/h3-6,15,21,23H,7-14,16-17H2,1-2H3. The summed E-state index contributed by atoms with van der Waals surface area (Å²) in [4.78, 5) is 7.88. The summed E-state index contributed by atoms with van der Waals surface area (Å²) >= 11 is 0. The third-order valence-corrected chi connectivity index (χ3v) is 6.90. The van der Waals surface area contributed by atoms with Gasteiger partial charge >= 0.3 is 0 Å². The van der Waals surface area contributed by atoms with Crippen molar-refractivity contribution in [2.45, 2.75) is 38.8 Å². The minimum atomic E-state index is 0.762. The Morgan fingerprint density at radius 2 is 1.48 bits per heavy atom. The van der Waals surface area contributed by atoms with Gasteiger partial charge in [-0.1, -0.05) is 0 Å². The molecule has 0 atom stereocenters. The van der Waals surface area contributed by atoms with Gasteiger partial charge in [0, 0.05) is 62.7 Å². The van der Waals surface area contributed by atoms with Crippen molar-refractivity contribution < 1.29 is 4.74 Å². The zero-order valence-corrected chi connectivity index (χ0v) is 17.8. The van der Waals surface area contributed by atoms with Crippen LogP contribution < -0.4 is 4.90 Å². The van der Waals surface area contributed by atoms with Gasteiger partial charge in [0.15, 0.2) is 0 Å². The highest BCUT2D eigenvalue weighted by Crippen LogP contribution is 2.28. The van der Waals surface area contributed by atoms with E-state index in [1.54, 1.807) is 0 Å². The Bertz CT molecular complexity index is 812. The molecule has 6 nitrogen and oxygen atoms in total. The number of morpholine rings is 1. The molecule has 3 aliphatic rings. The fraction of sp³-hybridized carbons (Fsp3) is 0.609. The average Bonchev–Trinajstić information content (AvgIpc) is 3.06. The van der Waals surface area contributed by atoms with Crippen LogP contribution in [0.2, 0.25) is 0 Å². The summed E-state index contributed by atoms with van der Waals surface area (Å²) in [6, 6.07) is 12.6. The van der Waals surface area contributed by atoms with Crippen molar-refractivity contribution in [2.75, 3.05) is 57.4 Å². The molecule has 2 aromatic rings. The third-order valence-electron chi connectivity index (χ3n) is 6.90. The zero-order valence-electron chi connectivity index (χ0n) is 17.8. The Kier molecular flexibility index (Phi) is 5.33. The fourth-order valence-corrected chi connectivity index (χ4v) is 5.14. The molecule has 0 saturated carbocycles. The fourth-order valence-electron chi connectivity index (χ4n) is 5.14. The van der Waals surface area contributed by atoms with Gasteiger partial charge in [0.1, 0.15) is 0 Å². The van der Waals surface area contributed by atoms with Crippen LogP contribution in [0, 0.1) is 13.8 Å². The summed E-state index contributed by atoms with van der Waals surface area (Å²) in [7, 11) is 0. The van der Waals surface area contributed by atoms with E-state index in [1.165, 1.54) is 37.3 Å². The van der Waals surface area contributed by atoms with Crippen LogP contribution in [0.3, 0.4) is 0 Å². The first-order chi connectivity index (χ1) is 14.2. The second-order valence-electron chi connectivity index (χ2n) is 8.83. The molecule has 1 aromatic carbocycles. The van der Waals surface area contributed by atoms with E-state index in [1.807, 2.05) is 11.6 Å². The molecule has 0 amide bonds. The number of aryl methyl sites for hydroxylation is 2. The Hall–Kier alpha value is -1.89. The minimum Gasteiger partial charge on any atom is -0.379 e. The maximum atomic E-state index is 5.49. The monoisotopic (exact) mass is 395 g/mol. The molecule has 5 rings (SSSR count). The van der Waals surface area contributed by atoms with Gasteiger partial charge in [-0.2, -0.15) is 5.10 Å². The van der Waals surface area contributed by atoms with E-state index in [-0.39, 0.29) is 0 Å². The lowest BCUT2D eigenvalue weighted by molar-refractivity contribution is -0.0481. The van der Waals surface area contributed by atoms with E-state index in [0.29, 0.717) is 0 Å². The summed E-state index contributed by atoms with van der Waals surface area (Å²) in [6.07, 6.45) is 2.55. The van der Waals surface area contributed by atoms with Crippen LogP contribution in [0.4, 0.5) is 5.69 Å². The molecule has 0 unspecified atom stereocenters. The van der Waals surface area contributed by atoms with E-state index in [4.69, 9.17) is 4.74 Å². The number of rotatable bonds is 4. The lowest BCUT2D eigenvalue weighted by Gasteiger charge is -2.51. The molecule has 29 heavy (non-hydrogen) atoms. The van der Waals surface area contributed by atoms with Gasteiger partial charge in [-0.25, -0.2) is 4.68 Å². The Balaban J connectivity index is 1.13. The minimum absolute atomic E-state index is 0.762. The van der Waals surface area contributed by atoms with Crippen molar-refractivity contribution in [3.05, 3.63) is 41.7 Å². The van der Waals surface area contributed by atoms with E-state index in [0.717, 1.165) is 62.9 Å². The van der Waals surface area contributed by atoms with Crippen LogP contribution >= 0.6 is 0 Å². The van der Waals surface area contributed by atoms with Gasteiger partial charge in [-0.3, -0.25) is 9.80 Å². The molecule has 1 aromatic heterocycles. The average molecular weight is 396 g/mol. The Labute approximate surface area is 174 Å². The van der Waals surface area contributed by atoms with Gasteiger partial charge in [0.05, 0.1) is 24.6 Å². The van der Waals surface area contributed by atoms with Crippen molar-refractivity contribution in [3.8, 4) is 5.69 Å². The molecule has 156 valence electrons. The van der Waals surface area contributed by atoms with Crippen LogP contribution in [0.5, 0.6) is 0 Å². The molecule has 0 N–H and O–H groups in total. The molecule has 0 spiro atoms. The van der Waals surface area contributed by atoms with Crippen LogP contribution in [0.15, 0.2) is 30.3 Å². The predicted molar refractivity (Wildman–Crippen MR) is 116 cm³/mol. The molecule has 0 radical (unpaired) electrons. The number of nitrogens with zero attached hydrogens (tertiary/aromatic N) is 5. The SMILES string of the molecule is Cc1cc(C)n(-c2ccc(N3CCC(N4CC(N5CCOCC5)C4)CC3)cc2)n1. The molecule has 3 aliphatic heterocycles. The zero-order chi connectivity index (χ0) is 19.8. The van der Waals surface area contributed by atoms with Gasteiger partial charge in [-0.15, -0.1) is 0 Å². The summed E-state index contributed by atoms with van der Waals surface area (Å²) in [5.41, 5.74) is 4.73. The van der Waals surface area contributed by atoms with Crippen LogP contribution in [-0.4, -0.2) is 84.1 Å². The Morgan fingerprint density at radius 3 is 2.10 bits per heavy atom. The van der Waals surface area contributed by atoms with Gasteiger partial charge in [0.2, 0.25) is 0 Å². The molecule has 3 saturated heterocycles. The highest BCUT2D eigenvalue weighted by Gasteiger charge is 2.37. The summed E-state index contributed by atoms with van der Waals surface area (Å²) in [5.74, 6) is 0. The normalized spacial score (nSPS) is 22.8. The third kappa shape index (κ3) is 3.93. The maximum absolute atomic E-state index is 5.49. The molecule has 0 aliphatic carbocycles. The number of anilines is 1. The van der Waals surface area contributed by atoms with Crippen molar-refractivity contribution in [1.29, 1.82) is 0 Å².